The highest BCUT2D eigenvalue weighted by Crippen LogP contribution is 2.29. The molecule has 0 spiro atoms. The molecule has 2 heterocycles. The lowest BCUT2D eigenvalue weighted by molar-refractivity contribution is -0.274. The molecule has 1 aliphatic heterocycles. The van der Waals surface area contributed by atoms with E-state index in [0.717, 1.165) is 11.3 Å². The first-order valence-corrected chi connectivity index (χ1v) is 10.4. The average molecular weight is 474 g/mol. The molecule has 1 aromatic heterocycles. The lowest BCUT2D eigenvalue weighted by Crippen LogP contribution is -2.38. The number of ether oxygens (including phenoxy) is 3. The number of rotatable bonds is 7. The van der Waals surface area contributed by atoms with E-state index in [2.05, 4.69) is 14.6 Å². The van der Waals surface area contributed by atoms with E-state index in [-0.39, 0.29) is 24.0 Å². The average Bonchev–Trinajstić information content (AvgIpc) is 2.83. The predicted octanol–water partition coefficient (Wildman–Crippen LogP) is 4.84. The highest BCUT2D eigenvalue weighted by molar-refractivity contribution is 5.87. The van der Waals surface area contributed by atoms with Crippen LogP contribution < -0.4 is 14.4 Å². The fraction of sp³-hybridized carbons (Fsp3) is 0.250. The van der Waals surface area contributed by atoms with Crippen molar-refractivity contribution >= 4 is 11.7 Å². The molecule has 7 nitrogen and oxygen atoms in total. The van der Waals surface area contributed by atoms with Crippen LogP contribution >= 0.6 is 0 Å². The van der Waals surface area contributed by atoms with Gasteiger partial charge in [-0.2, -0.15) is 0 Å². The van der Waals surface area contributed by atoms with Crippen molar-refractivity contribution in [3.8, 4) is 11.5 Å². The Morgan fingerprint density at radius 3 is 2.65 bits per heavy atom. The number of benzene rings is 2. The van der Waals surface area contributed by atoms with Crippen LogP contribution in [0.5, 0.6) is 11.5 Å². The fourth-order valence-corrected chi connectivity index (χ4v) is 3.57. The first-order valence-electron chi connectivity index (χ1n) is 10.4. The van der Waals surface area contributed by atoms with Gasteiger partial charge in [-0.3, -0.25) is 4.98 Å². The van der Waals surface area contributed by atoms with E-state index in [1.807, 2.05) is 12.1 Å². The second-order valence-corrected chi connectivity index (χ2v) is 7.60. The summed E-state index contributed by atoms with van der Waals surface area (Å²) in [5.41, 5.74) is 2.47. The molecule has 1 saturated heterocycles. The second kappa shape index (κ2) is 10.0. The number of anilines is 1. The monoisotopic (exact) mass is 474 g/mol. The van der Waals surface area contributed by atoms with Crippen LogP contribution in [-0.2, 0) is 11.3 Å². The van der Waals surface area contributed by atoms with Crippen LogP contribution in [0.4, 0.5) is 18.9 Å². The topological polar surface area (TPSA) is 81.1 Å². The number of aromatic carboxylic acids is 1. The molecule has 34 heavy (non-hydrogen) atoms. The number of hydrogen-bond acceptors (Lipinski definition) is 6. The van der Waals surface area contributed by atoms with Gasteiger partial charge in [-0.1, -0.05) is 24.3 Å². The summed E-state index contributed by atoms with van der Waals surface area (Å²) in [6.45, 7) is 1.74. The lowest BCUT2D eigenvalue weighted by Gasteiger charge is -2.34. The minimum Gasteiger partial charge on any atom is -0.487 e. The Morgan fingerprint density at radius 1 is 1.12 bits per heavy atom. The van der Waals surface area contributed by atoms with Crippen molar-refractivity contribution in [3.63, 3.8) is 0 Å². The van der Waals surface area contributed by atoms with Gasteiger partial charge < -0.3 is 24.2 Å². The van der Waals surface area contributed by atoms with Crippen LogP contribution in [0.2, 0.25) is 0 Å². The summed E-state index contributed by atoms with van der Waals surface area (Å²) in [6, 6.07) is 14.0. The van der Waals surface area contributed by atoms with Crippen LogP contribution in [0.25, 0.3) is 0 Å². The van der Waals surface area contributed by atoms with Crippen molar-refractivity contribution in [2.75, 3.05) is 24.6 Å². The van der Waals surface area contributed by atoms with E-state index in [1.54, 1.807) is 24.5 Å². The molecule has 0 radical (unpaired) electrons. The quantitative estimate of drug-likeness (QED) is 0.525. The zero-order chi connectivity index (χ0) is 24.1. The molecular formula is C24H21F3N2O5. The zero-order valence-electron chi connectivity index (χ0n) is 17.9. The molecule has 1 N–H and O–H groups in total. The Labute approximate surface area is 193 Å². The SMILES string of the molecule is O=C(O)c1cccc(C2CN(c3cncc(OCc4ccc(OC(F)(F)F)cc4)c3)CCO2)c1. The molecular weight excluding hydrogens is 453 g/mol. The lowest BCUT2D eigenvalue weighted by atomic mass is 10.0. The second-order valence-electron chi connectivity index (χ2n) is 7.60. The standard InChI is InChI=1S/C24H21F3N2O5/c25-24(26,27)34-20-6-4-16(5-7-20)15-33-21-11-19(12-28-13-21)29-8-9-32-22(14-29)17-2-1-3-18(10-17)23(30)31/h1-7,10-13,22H,8-9,14-15H2,(H,30,31). The van der Waals surface area contributed by atoms with Gasteiger partial charge in [0.2, 0.25) is 0 Å². The first kappa shape index (κ1) is 23.4. The van der Waals surface area contributed by atoms with Crippen molar-refractivity contribution in [1.82, 2.24) is 4.98 Å². The number of carboxylic acid groups (broad SMARTS) is 1. The van der Waals surface area contributed by atoms with Crippen molar-refractivity contribution in [2.24, 2.45) is 0 Å². The molecule has 1 fully saturated rings. The maximum Gasteiger partial charge on any atom is 0.573 e. The van der Waals surface area contributed by atoms with Crippen LogP contribution in [0, 0.1) is 0 Å². The summed E-state index contributed by atoms with van der Waals surface area (Å²) >= 11 is 0. The van der Waals surface area contributed by atoms with Gasteiger partial charge in [0.1, 0.15) is 24.2 Å². The molecule has 1 atom stereocenters. The molecule has 4 rings (SSSR count). The van der Waals surface area contributed by atoms with Gasteiger partial charge in [0.15, 0.2) is 0 Å². The Morgan fingerprint density at radius 2 is 1.91 bits per heavy atom. The van der Waals surface area contributed by atoms with E-state index in [0.29, 0.717) is 31.0 Å². The molecule has 1 unspecified atom stereocenters. The fourth-order valence-electron chi connectivity index (χ4n) is 3.57. The number of hydrogen-bond donors (Lipinski definition) is 1. The summed E-state index contributed by atoms with van der Waals surface area (Å²) in [5, 5.41) is 9.23. The van der Waals surface area contributed by atoms with Crippen molar-refractivity contribution in [1.29, 1.82) is 0 Å². The van der Waals surface area contributed by atoms with Crippen molar-refractivity contribution in [3.05, 3.63) is 83.7 Å². The summed E-state index contributed by atoms with van der Waals surface area (Å²) in [5.74, 6) is -0.786. The number of carboxylic acids is 1. The van der Waals surface area contributed by atoms with Gasteiger partial charge in [-0.05, 0) is 35.4 Å². The summed E-state index contributed by atoms with van der Waals surface area (Å²) in [6.07, 6.45) is -1.78. The van der Waals surface area contributed by atoms with E-state index in [4.69, 9.17) is 9.47 Å². The molecule has 2 aromatic carbocycles. The van der Waals surface area contributed by atoms with Gasteiger partial charge >= 0.3 is 12.3 Å². The summed E-state index contributed by atoms with van der Waals surface area (Å²) in [4.78, 5) is 17.6. The number of nitrogens with zero attached hydrogens (tertiary/aromatic N) is 2. The Bertz CT molecular complexity index is 1140. The highest BCUT2D eigenvalue weighted by Gasteiger charge is 2.31. The van der Waals surface area contributed by atoms with Gasteiger partial charge in [0.05, 0.1) is 30.3 Å². The Hall–Kier alpha value is -3.79. The third-order valence-electron chi connectivity index (χ3n) is 5.20. The van der Waals surface area contributed by atoms with Gasteiger partial charge in [0.25, 0.3) is 0 Å². The third-order valence-corrected chi connectivity index (χ3v) is 5.20. The third kappa shape index (κ3) is 6.16. The number of pyridine rings is 1. The summed E-state index contributed by atoms with van der Waals surface area (Å²) < 4.78 is 52.3. The normalized spacial score (nSPS) is 16.2. The van der Waals surface area contributed by atoms with Gasteiger partial charge in [-0.15, -0.1) is 13.2 Å². The van der Waals surface area contributed by atoms with Crippen LogP contribution in [-0.4, -0.2) is 42.1 Å². The molecule has 0 amide bonds. The van der Waals surface area contributed by atoms with Crippen molar-refractivity contribution in [2.45, 2.75) is 19.1 Å². The maximum absolute atomic E-state index is 12.3. The number of alkyl halides is 3. The van der Waals surface area contributed by atoms with E-state index < -0.39 is 12.3 Å². The van der Waals surface area contributed by atoms with E-state index >= 15 is 0 Å². The number of carbonyl (C=O) groups is 1. The molecule has 0 bridgehead atoms. The maximum atomic E-state index is 12.3. The Balaban J connectivity index is 1.39. The van der Waals surface area contributed by atoms with E-state index in [9.17, 15) is 23.1 Å². The largest absolute Gasteiger partial charge is 0.573 e. The molecule has 3 aromatic rings. The van der Waals surface area contributed by atoms with Crippen LogP contribution in [0.15, 0.2) is 67.0 Å². The zero-order valence-corrected chi connectivity index (χ0v) is 17.9. The molecule has 178 valence electrons. The molecule has 10 heteroatoms. The first-order chi connectivity index (χ1) is 16.3. The number of halogens is 3. The van der Waals surface area contributed by atoms with Crippen molar-refractivity contribution < 1.29 is 37.3 Å². The molecule has 1 aliphatic rings. The highest BCUT2D eigenvalue weighted by atomic mass is 19.4. The molecule has 0 saturated carbocycles. The van der Waals surface area contributed by atoms with Crippen LogP contribution in [0.1, 0.15) is 27.6 Å². The van der Waals surface area contributed by atoms with E-state index in [1.165, 1.54) is 30.3 Å². The van der Waals surface area contributed by atoms with Crippen LogP contribution in [0.3, 0.4) is 0 Å². The van der Waals surface area contributed by atoms with Gasteiger partial charge in [0, 0.05) is 19.2 Å². The number of morpholine rings is 1. The smallest absolute Gasteiger partial charge is 0.487 e. The Kier molecular flexibility index (Phi) is 6.87. The van der Waals surface area contributed by atoms with Gasteiger partial charge in [-0.25, -0.2) is 4.79 Å². The minimum absolute atomic E-state index is 0.144. The summed E-state index contributed by atoms with van der Waals surface area (Å²) in [7, 11) is 0. The number of aromatic nitrogens is 1. The molecule has 0 aliphatic carbocycles. The predicted molar refractivity (Wildman–Crippen MR) is 116 cm³/mol. The minimum atomic E-state index is -4.73.